The Bertz CT molecular complexity index is 1090. The van der Waals surface area contributed by atoms with Crippen LogP contribution in [-0.2, 0) is 11.3 Å². The minimum absolute atomic E-state index is 0.0746. The van der Waals surface area contributed by atoms with Gasteiger partial charge in [-0.1, -0.05) is 23.4 Å². The second-order valence-electron chi connectivity index (χ2n) is 6.97. The maximum absolute atomic E-state index is 13.7. The van der Waals surface area contributed by atoms with E-state index in [1.54, 1.807) is 26.0 Å². The normalized spacial score (nSPS) is 10.7. The SMILES string of the molecule is Cc1ccc(C)c(NC(=O)Cn2nnc(C(=O)Nc3ccc(C)c(F)c3)c2C)c1. The van der Waals surface area contributed by atoms with Gasteiger partial charge in [0.25, 0.3) is 5.91 Å². The molecule has 1 aromatic heterocycles. The van der Waals surface area contributed by atoms with Crippen molar-refractivity contribution >= 4 is 23.2 Å². The van der Waals surface area contributed by atoms with Gasteiger partial charge in [0.05, 0.1) is 5.69 Å². The molecule has 0 atom stereocenters. The van der Waals surface area contributed by atoms with Crippen molar-refractivity contribution in [2.24, 2.45) is 0 Å². The average molecular weight is 395 g/mol. The van der Waals surface area contributed by atoms with Gasteiger partial charge in [0.15, 0.2) is 5.69 Å². The van der Waals surface area contributed by atoms with Gasteiger partial charge in [0.1, 0.15) is 12.4 Å². The average Bonchev–Trinajstić information content (AvgIpc) is 3.02. The van der Waals surface area contributed by atoms with Crippen molar-refractivity contribution in [1.29, 1.82) is 0 Å². The lowest BCUT2D eigenvalue weighted by atomic mass is 10.1. The fourth-order valence-corrected chi connectivity index (χ4v) is 2.78. The van der Waals surface area contributed by atoms with E-state index in [-0.39, 0.29) is 18.1 Å². The molecule has 7 nitrogen and oxygen atoms in total. The first-order chi connectivity index (χ1) is 13.7. The van der Waals surface area contributed by atoms with E-state index in [1.165, 1.54) is 10.7 Å². The fraction of sp³-hybridized carbons (Fsp3) is 0.238. The van der Waals surface area contributed by atoms with Crippen molar-refractivity contribution in [2.75, 3.05) is 10.6 Å². The number of carbonyl (C=O) groups excluding carboxylic acids is 2. The van der Waals surface area contributed by atoms with Crippen LogP contribution in [-0.4, -0.2) is 26.8 Å². The Hall–Kier alpha value is -3.55. The summed E-state index contributed by atoms with van der Waals surface area (Å²) in [7, 11) is 0. The Kier molecular flexibility index (Phi) is 5.72. The number of benzene rings is 2. The van der Waals surface area contributed by atoms with E-state index >= 15 is 0 Å². The molecular formula is C21H22FN5O2. The third-order valence-electron chi connectivity index (χ3n) is 4.59. The Balaban J connectivity index is 1.69. The van der Waals surface area contributed by atoms with Gasteiger partial charge in [-0.2, -0.15) is 0 Å². The van der Waals surface area contributed by atoms with Crippen LogP contribution < -0.4 is 10.6 Å². The number of aromatic nitrogens is 3. The first-order valence-electron chi connectivity index (χ1n) is 9.09. The highest BCUT2D eigenvalue weighted by atomic mass is 19.1. The molecule has 0 aliphatic rings. The van der Waals surface area contributed by atoms with Crippen LogP contribution in [0, 0.1) is 33.5 Å². The zero-order valence-electron chi connectivity index (χ0n) is 16.7. The smallest absolute Gasteiger partial charge is 0.278 e. The monoisotopic (exact) mass is 395 g/mol. The van der Waals surface area contributed by atoms with E-state index < -0.39 is 11.7 Å². The first kappa shape index (κ1) is 20.2. The van der Waals surface area contributed by atoms with Gasteiger partial charge in [-0.15, -0.1) is 5.10 Å². The van der Waals surface area contributed by atoms with Crippen LogP contribution in [0.3, 0.4) is 0 Å². The predicted molar refractivity (Wildman–Crippen MR) is 108 cm³/mol. The molecule has 1 heterocycles. The molecule has 0 saturated heterocycles. The maximum atomic E-state index is 13.7. The minimum atomic E-state index is -0.521. The number of rotatable bonds is 5. The van der Waals surface area contributed by atoms with Crippen LogP contribution in [0.4, 0.5) is 15.8 Å². The van der Waals surface area contributed by atoms with Crippen LogP contribution >= 0.6 is 0 Å². The largest absolute Gasteiger partial charge is 0.324 e. The van der Waals surface area contributed by atoms with E-state index in [0.717, 1.165) is 16.8 Å². The second-order valence-corrected chi connectivity index (χ2v) is 6.97. The quantitative estimate of drug-likeness (QED) is 0.692. The van der Waals surface area contributed by atoms with Gasteiger partial charge < -0.3 is 10.6 Å². The van der Waals surface area contributed by atoms with E-state index in [4.69, 9.17) is 0 Å². The standard InChI is InChI=1S/C21H22FN5O2/c1-12-5-6-14(3)18(9-12)24-19(28)11-27-15(4)20(25-26-27)21(29)23-16-8-7-13(2)17(22)10-16/h5-10H,11H2,1-4H3,(H,23,29)(H,24,28). The van der Waals surface area contributed by atoms with Crippen LogP contribution in [0.5, 0.6) is 0 Å². The third-order valence-corrected chi connectivity index (χ3v) is 4.59. The molecule has 3 aromatic rings. The molecular weight excluding hydrogens is 373 g/mol. The lowest BCUT2D eigenvalue weighted by Gasteiger charge is -2.10. The van der Waals surface area contributed by atoms with Crippen molar-refractivity contribution in [3.05, 3.63) is 70.3 Å². The summed E-state index contributed by atoms with van der Waals surface area (Å²) >= 11 is 0. The minimum Gasteiger partial charge on any atom is -0.324 e. The Morgan fingerprint density at radius 3 is 2.45 bits per heavy atom. The van der Waals surface area contributed by atoms with Crippen LogP contribution in [0.1, 0.15) is 32.9 Å². The predicted octanol–water partition coefficient (Wildman–Crippen LogP) is 3.54. The van der Waals surface area contributed by atoms with Gasteiger partial charge in [0.2, 0.25) is 5.91 Å². The zero-order valence-corrected chi connectivity index (χ0v) is 16.7. The fourth-order valence-electron chi connectivity index (χ4n) is 2.78. The maximum Gasteiger partial charge on any atom is 0.278 e. The first-order valence-corrected chi connectivity index (χ1v) is 9.09. The Morgan fingerprint density at radius 1 is 1.00 bits per heavy atom. The van der Waals surface area contributed by atoms with Crippen molar-refractivity contribution in [3.63, 3.8) is 0 Å². The van der Waals surface area contributed by atoms with Crippen molar-refractivity contribution < 1.29 is 14.0 Å². The lowest BCUT2D eigenvalue weighted by Crippen LogP contribution is -2.21. The van der Waals surface area contributed by atoms with Gasteiger partial charge in [-0.05, 0) is 62.6 Å². The molecule has 0 unspecified atom stereocenters. The summed E-state index contributed by atoms with van der Waals surface area (Å²) in [6, 6.07) is 10.2. The molecule has 0 spiro atoms. The molecule has 0 radical (unpaired) electrons. The highest BCUT2D eigenvalue weighted by Gasteiger charge is 2.18. The third kappa shape index (κ3) is 4.66. The number of hydrogen-bond acceptors (Lipinski definition) is 4. The summed E-state index contributed by atoms with van der Waals surface area (Å²) in [5, 5.41) is 13.2. The molecule has 0 bridgehead atoms. The highest BCUT2D eigenvalue weighted by Crippen LogP contribution is 2.17. The summed E-state index contributed by atoms with van der Waals surface area (Å²) in [5.74, 6) is -1.21. The van der Waals surface area contributed by atoms with E-state index in [9.17, 15) is 14.0 Å². The van der Waals surface area contributed by atoms with Crippen molar-refractivity contribution in [1.82, 2.24) is 15.0 Å². The van der Waals surface area contributed by atoms with Gasteiger partial charge in [-0.25, -0.2) is 9.07 Å². The topological polar surface area (TPSA) is 88.9 Å². The molecule has 0 saturated carbocycles. The number of amides is 2. The molecule has 3 rings (SSSR count). The Morgan fingerprint density at radius 2 is 1.72 bits per heavy atom. The highest BCUT2D eigenvalue weighted by molar-refractivity contribution is 6.03. The van der Waals surface area contributed by atoms with Crippen molar-refractivity contribution in [3.8, 4) is 0 Å². The molecule has 8 heteroatoms. The van der Waals surface area contributed by atoms with Gasteiger partial charge in [0, 0.05) is 11.4 Å². The van der Waals surface area contributed by atoms with Crippen LogP contribution in [0.2, 0.25) is 0 Å². The molecule has 150 valence electrons. The summed E-state index contributed by atoms with van der Waals surface area (Å²) in [4.78, 5) is 24.8. The molecule has 0 aliphatic heterocycles. The van der Waals surface area contributed by atoms with E-state index in [2.05, 4.69) is 20.9 Å². The van der Waals surface area contributed by atoms with Crippen LogP contribution in [0.25, 0.3) is 0 Å². The number of nitrogens with zero attached hydrogens (tertiary/aromatic N) is 3. The molecule has 0 aliphatic carbocycles. The Labute approximate surface area is 167 Å². The van der Waals surface area contributed by atoms with E-state index in [0.29, 0.717) is 16.9 Å². The number of aryl methyl sites for hydroxylation is 3. The van der Waals surface area contributed by atoms with Crippen LogP contribution in [0.15, 0.2) is 36.4 Å². The molecule has 0 fully saturated rings. The molecule has 2 aromatic carbocycles. The lowest BCUT2D eigenvalue weighted by molar-refractivity contribution is -0.117. The molecule has 2 N–H and O–H groups in total. The summed E-state index contributed by atoms with van der Waals surface area (Å²) in [6.07, 6.45) is 0. The van der Waals surface area contributed by atoms with Crippen molar-refractivity contribution in [2.45, 2.75) is 34.2 Å². The summed E-state index contributed by atoms with van der Waals surface area (Å²) in [5.41, 5.74) is 4.03. The van der Waals surface area contributed by atoms with Gasteiger partial charge >= 0.3 is 0 Å². The van der Waals surface area contributed by atoms with Gasteiger partial charge in [-0.3, -0.25) is 9.59 Å². The second kappa shape index (κ2) is 8.22. The number of anilines is 2. The molecule has 29 heavy (non-hydrogen) atoms. The molecule has 2 amide bonds. The number of hydrogen-bond donors (Lipinski definition) is 2. The zero-order chi connectivity index (χ0) is 21.1. The number of halogens is 1. The summed E-state index contributed by atoms with van der Waals surface area (Å²) in [6.45, 7) is 7.06. The summed E-state index contributed by atoms with van der Waals surface area (Å²) < 4.78 is 15.0. The van der Waals surface area contributed by atoms with E-state index in [1.807, 2.05) is 32.0 Å². The number of nitrogens with one attached hydrogen (secondary N) is 2. The number of carbonyl (C=O) groups is 2.